The molecule has 0 saturated carbocycles. The van der Waals surface area contributed by atoms with Crippen LogP contribution in [0.1, 0.15) is 277 Å². The van der Waals surface area contributed by atoms with E-state index in [1.807, 2.05) is 21.1 Å². The van der Waals surface area contributed by atoms with Crippen molar-refractivity contribution in [3.63, 3.8) is 0 Å². The van der Waals surface area contributed by atoms with Gasteiger partial charge in [0.25, 0.3) is 7.82 Å². The van der Waals surface area contributed by atoms with E-state index in [-0.39, 0.29) is 25.8 Å². The van der Waals surface area contributed by atoms with E-state index < -0.39 is 13.9 Å². The predicted octanol–water partition coefficient (Wildman–Crippen LogP) is 16.7. The van der Waals surface area contributed by atoms with Crippen molar-refractivity contribution in [1.82, 2.24) is 0 Å². The molecule has 0 saturated heterocycles. The fraction of sp³-hybridized carbons (Fsp3) is 0.945. The largest absolute Gasteiger partial charge is 0.756 e. The van der Waals surface area contributed by atoms with Gasteiger partial charge in [-0.25, -0.2) is 0 Å². The van der Waals surface area contributed by atoms with Gasteiger partial charge in [0.15, 0.2) is 0 Å². The van der Waals surface area contributed by atoms with Crippen LogP contribution in [0.25, 0.3) is 0 Å². The molecule has 2 unspecified atom stereocenters. The minimum Gasteiger partial charge on any atom is -0.756 e. The Kier molecular flexibility index (Phi) is 48.1. The Balaban J connectivity index is 4.05. The molecule has 0 rings (SSSR count). The highest BCUT2D eigenvalue weighted by Crippen LogP contribution is 2.38. The number of phosphoric acid groups is 1. The molecule has 2 atom stereocenters. The highest BCUT2D eigenvalue weighted by molar-refractivity contribution is 7.45. The number of unbranched alkanes of at least 4 members (excludes halogenated alkanes) is 37. The molecule has 0 aromatic carbocycles. The van der Waals surface area contributed by atoms with E-state index in [0.717, 1.165) is 32.1 Å². The maximum Gasteiger partial charge on any atom is 0.306 e. The Bertz CT molecular complexity index is 1030. The molecule has 382 valence electrons. The summed E-state index contributed by atoms with van der Waals surface area (Å²) in [4.78, 5) is 25.2. The summed E-state index contributed by atoms with van der Waals surface area (Å²) < 4.78 is 34.8. The zero-order valence-corrected chi connectivity index (χ0v) is 44.4. The van der Waals surface area contributed by atoms with Crippen molar-refractivity contribution in [2.75, 3.05) is 54.1 Å². The number of rotatable bonds is 53. The van der Waals surface area contributed by atoms with E-state index in [0.29, 0.717) is 24.1 Å². The second kappa shape index (κ2) is 48.7. The monoisotopic (exact) mass is 928 g/mol. The first-order valence-electron chi connectivity index (χ1n) is 27.9. The topological polar surface area (TPSA) is 94.1 Å². The van der Waals surface area contributed by atoms with Crippen LogP contribution in [0.15, 0.2) is 12.2 Å². The van der Waals surface area contributed by atoms with Crippen molar-refractivity contribution in [3.05, 3.63) is 12.2 Å². The van der Waals surface area contributed by atoms with Crippen LogP contribution < -0.4 is 4.89 Å². The van der Waals surface area contributed by atoms with Crippen LogP contribution in [0.3, 0.4) is 0 Å². The van der Waals surface area contributed by atoms with E-state index in [9.17, 15) is 14.3 Å². The number of carbonyl (C=O) groups is 1. The number of ether oxygens (including phenoxy) is 2. The van der Waals surface area contributed by atoms with Gasteiger partial charge in [0, 0.05) is 13.0 Å². The summed E-state index contributed by atoms with van der Waals surface area (Å²) in [6, 6.07) is 0. The number of phosphoric ester groups is 1. The molecule has 0 fully saturated rings. The minimum absolute atomic E-state index is 0.0298. The van der Waals surface area contributed by atoms with Crippen LogP contribution in [0.2, 0.25) is 0 Å². The lowest BCUT2D eigenvalue weighted by molar-refractivity contribution is -0.870. The van der Waals surface area contributed by atoms with Crippen molar-refractivity contribution in [2.45, 2.75) is 283 Å². The molecule has 0 aliphatic heterocycles. The smallest absolute Gasteiger partial charge is 0.306 e. The Morgan fingerprint density at radius 3 is 1.19 bits per heavy atom. The molecule has 0 aliphatic rings. The van der Waals surface area contributed by atoms with Gasteiger partial charge < -0.3 is 27.9 Å². The van der Waals surface area contributed by atoms with E-state index in [1.54, 1.807) is 0 Å². The molecular formula is C55H110NO7P. The van der Waals surface area contributed by atoms with Gasteiger partial charge in [0.1, 0.15) is 19.3 Å². The van der Waals surface area contributed by atoms with Crippen molar-refractivity contribution < 1.29 is 37.3 Å². The lowest BCUT2D eigenvalue weighted by atomic mass is 10.0. The van der Waals surface area contributed by atoms with Crippen molar-refractivity contribution in [3.8, 4) is 0 Å². The summed E-state index contributed by atoms with van der Waals surface area (Å²) in [7, 11) is 1.37. The van der Waals surface area contributed by atoms with Crippen LogP contribution in [0.5, 0.6) is 0 Å². The lowest BCUT2D eigenvalue weighted by Crippen LogP contribution is -2.37. The average molecular weight is 928 g/mol. The van der Waals surface area contributed by atoms with Crippen LogP contribution in [-0.4, -0.2) is 70.7 Å². The third-order valence-corrected chi connectivity index (χ3v) is 13.5. The van der Waals surface area contributed by atoms with E-state index in [2.05, 4.69) is 26.0 Å². The number of allylic oxidation sites excluding steroid dienone is 2. The van der Waals surface area contributed by atoms with Gasteiger partial charge in [-0.2, -0.15) is 0 Å². The quantitative estimate of drug-likeness (QED) is 0.0197. The lowest BCUT2D eigenvalue weighted by Gasteiger charge is -2.28. The van der Waals surface area contributed by atoms with E-state index in [4.69, 9.17) is 18.5 Å². The van der Waals surface area contributed by atoms with Crippen LogP contribution in [-0.2, 0) is 27.9 Å². The number of quaternary nitrogens is 1. The number of hydrogen-bond acceptors (Lipinski definition) is 7. The van der Waals surface area contributed by atoms with Crippen LogP contribution >= 0.6 is 7.82 Å². The van der Waals surface area contributed by atoms with Crippen molar-refractivity contribution in [2.24, 2.45) is 0 Å². The molecule has 0 heterocycles. The maximum atomic E-state index is 12.8. The molecule has 0 amide bonds. The number of esters is 1. The van der Waals surface area contributed by atoms with Gasteiger partial charge in [-0.1, -0.05) is 244 Å². The first-order valence-corrected chi connectivity index (χ1v) is 29.4. The van der Waals surface area contributed by atoms with Gasteiger partial charge in [-0.15, -0.1) is 0 Å². The number of hydrogen-bond donors (Lipinski definition) is 0. The fourth-order valence-electron chi connectivity index (χ4n) is 8.25. The minimum atomic E-state index is -4.53. The van der Waals surface area contributed by atoms with Gasteiger partial charge in [0.05, 0.1) is 34.4 Å². The Hall–Kier alpha value is -0.760. The normalized spacial score (nSPS) is 13.5. The van der Waals surface area contributed by atoms with Gasteiger partial charge in [0.2, 0.25) is 0 Å². The molecule has 0 aromatic rings. The summed E-state index contributed by atoms with van der Waals surface area (Å²) in [5, 5.41) is 0. The van der Waals surface area contributed by atoms with Crippen LogP contribution in [0.4, 0.5) is 0 Å². The zero-order chi connectivity index (χ0) is 46.9. The number of nitrogens with zero attached hydrogens (tertiary/aromatic N) is 1. The molecule has 64 heavy (non-hydrogen) atoms. The second-order valence-electron chi connectivity index (χ2n) is 20.3. The summed E-state index contributed by atoms with van der Waals surface area (Å²) in [6.45, 7) is 5.48. The first kappa shape index (κ1) is 63.2. The third kappa shape index (κ3) is 52.2. The molecule has 0 spiro atoms. The second-order valence-corrected chi connectivity index (χ2v) is 21.7. The Labute approximate surface area is 399 Å². The molecule has 0 N–H and O–H groups in total. The number of carbonyl (C=O) groups excluding carboxylic acids is 1. The maximum absolute atomic E-state index is 12.8. The third-order valence-electron chi connectivity index (χ3n) is 12.6. The Morgan fingerprint density at radius 1 is 0.469 bits per heavy atom. The summed E-state index contributed by atoms with van der Waals surface area (Å²) in [5.74, 6) is -0.326. The molecule has 9 heteroatoms. The van der Waals surface area contributed by atoms with Crippen molar-refractivity contribution in [1.29, 1.82) is 0 Å². The molecule has 0 radical (unpaired) electrons. The molecule has 0 aliphatic carbocycles. The SMILES string of the molecule is CCCCCCCC/C=C\CCCCCCCCCCCCOCC(COP(=O)([O-])OCC[N+](C)(C)C)OC(=O)CCCCCCCCCCCCCCCCCCCCCCCC. The zero-order valence-electron chi connectivity index (χ0n) is 43.5. The predicted molar refractivity (Wildman–Crippen MR) is 273 cm³/mol. The summed E-state index contributed by atoms with van der Waals surface area (Å²) in [5.41, 5.74) is 0. The van der Waals surface area contributed by atoms with Gasteiger partial charge in [-0.3, -0.25) is 9.36 Å². The average Bonchev–Trinajstić information content (AvgIpc) is 3.25. The molecule has 0 bridgehead atoms. The summed E-state index contributed by atoms with van der Waals surface area (Å²) in [6.07, 6.45) is 56.7. The first-order chi connectivity index (χ1) is 31.1. The summed E-state index contributed by atoms with van der Waals surface area (Å²) >= 11 is 0. The highest BCUT2D eigenvalue weighted by atomic mass is 31.2. The molecule has 8 nitrogen and oxygen atoms in total. The fourth-order valence-corrected chi connectivity index (χ4v) is 8.98. The Morgan fingerprint density at radius 2 is 0.812 bits per heavy atom. The van der Waals surface area contributed by atoms with E-state index in [1.165, 1.54) is 225 Å². The van der Waals surface area contributed by atoms with Gasteiger partial charge >= 0.3 is 5.97 Å². The van der Waals surface area contributed by atoms with Crippen LogP contribution in [0, 0.1) is 0 Å². The molecule has 0 aromatic heterocycles. The van der Waals surface area contributed by atoms with Crippen molar-refractivity contribution >= 4 is 13.8 Å². The van der Waals surface area contributed by atoms with Gasteiger partial charge in [-0.05, 0) is 38.5 Å². The molecular weight excluding hydrogens is 818 g/mol. The standard InChI is InChI=1S/C55H110NO7P/c1-6-8-10-12-14-16-18-20-22-24-26-28-29-30-32-34-36-38-40-42-44-46-48-55(57)63-54(53-62-64(58,59)61-51-49-56(3,4)5)52-60-50-47-45-43-41-39-37-35-33-31-27-25-23-21-19-17-15-13-11-9-7-2/h21,23,54H,6-20,22,24-53H2,1-5H3/b23-21-. The number of likely N-dealkylation sites (N-methyl/N-ethyl adjacent to an activating group) is 1. The van der Waals surface area contributed by atoms with E-state index >= 15 is 0 Å². The highest BCUT2D eigenvalue weighted by Gasteiger charge is 2.20.